The first kappa shape index (κ1) is 11.4. The first-order valence-electron chi connectivity index (χ1n) is 4.57. The van der Waals surface area contributed by atoms with Gasteiger partial charge < -0.3 is 10.5 Å². The molecule has 0 aliphatic rings. The molecular formula is C9H19NO2. The number of rotatable bonds is 5. The van der Waals surface area contributed by atoms with Crippen molar-refractivity contribution in [1.82, 2.24) is 0 Å². The van der Waals surface area contributed by atoms with E-state index < -0.39 is 6.04 Å². The molecule has 0 amide bonds. The van der Waals surface area contributed by atoms with Crippen LogP contribution >= 0.6 is 0 Å². The number of ether oxygens (including phenoxy) is 1. The van der Waals surface area contributed by atoms with Crippen LogP contribution in [0.1, 0.15) is 40.0 Å². The van der Waals surface area contributed by atoms with Gasteiger partial charge in [-0.15, -0.1) is 0 Å². The molecule has 3 heteroatoms. The van der Waals surface area contributed by atoms with Crippen molar-refractivity contribution < 1.29 is 9.53 Å². The Labute approximate surface area is 74.3 Å². The Balaban J connectivity index is 3.70. The van der Waals surface area contributed by atoms with Crippen LogP contribution in [0.5, 0.6) is 0 Å². The van der Waals surface area contributed by atoms with Crippen LogP contribution in [-0.4, -0.2) is 18.1 Å². The molecule has 12 heavy (non-hydrogen) atoms. The lowest BCUT2D eigenvalue weighted by Crippen LogP contribution is -2.34. The van der Waals surface area contributed by atoms with Gasteiger partial charge in [-0.1, -0.05) is 20.3 Å². The predicted octanol–water partition coefficient (Wildman–Crippen LogP) is 1.46. The molecule has 1 unspecified atom stereocenters. The first-order chi connectivity index (χ1) is 5.61. The molecule has 0 aromatic carbocycles. The fraction of sp³-hybridized carbons (Fsp3) is 0.889. The minimum absolute atomic E-state index is 0.0135. The Morgan fingerprint density at radius 3 is 2.50 bits per heavy atom. The minimum atomic E-state index is -0.441. The molecule has 0 saturated heterocycles. The van der Waals surface area contributed by atoms with Crippen LogP contribution < -0.4 is 5.73 Å². The van der Waals surface area contributed by atoms with E-state index in [1.165, 1.54) is 0 Å². The largest absolute Gasteiger partial charge is 0.462 e. The average molecular weight is 173 g/mol. The summed E-state index contributed by atoms with van der Waals surface area (Å²) in [5, 5.41) is 0. The lowest BCUT2D eigenvalue weighted by atomic mass is 10.2. The highest BCUT2D eigenvalue weighted by Crippen LogP contribution is 2.01. The number of carbonyl (C=O) groups excluding carboxylic acids is 1. The summed E-state index contributed by atoms with van der Waals surface area (Å²) in [6, 6.07) is -0.441. The highest BCUT2D eigenvalue weighted by molar-refractivity contribution is 5.75. The van der Waals surface area contributed by atoms with Crippen molar-refractivity contribution >= 4 is 5.97 Å². The Hall–Kier alpha value is -0.570. The number of carbonyl (C=O) groups is 1. The van der Waals surface area contributed by atoms with Crippen molar-refractivity contribution in [2.45, 2.75) is 52.2 Å². The van der Waals surface area contributed by atoms with E-state index in [-0.39, 0.29) is 12.1 Å². The van der Waals surface area contributed by atoms with Crippen LogP contribution in [0.3, 0.4) is 0 Å². The maximum atomic E-state index is 11.2. The van der Waals surface area contributed by atoms with Crippen molar-refractivity contribution in [3.63, 3.8) is 0 Å². The zero-order chi connectivity index (χ0) is 9.56. The second-order valence-electron chi connectivity index (χ2n) is 3.05. The highest BCUT2D eigenvalue weighted by Gasteiger charge is 2.15. The number of hydrogen-bond donors (Lipinski definition) is 1. The van der Waals surface area contributed by atoms with Gasteiger partial charge in [0.25, 0.3) is 0 Å². The first-order valence-corrected chi connectivity index (χ1v) is 4.57. The standard InChI is InChI=1S/C9H19NO2/c1-4-6-8(10)9(11)12-7(3)5-2/h7-8H,4-6,10H2,1-3H3/t7?,8-/m1/s1. The summed E-state index contributed by atoms with van der Waals surface area (Å²) in [4.78, 5) is 11.2. The molecule has 0 aliphatic heterocycles. The van der Waals surface area contributed by atoms with Crippen LogP contribution in [0.25, 0.3) is 0 Å². The van der Waals surface area contributed by atoms with Crippen molar-refractivity contribution in [2.24, 2.45) is 5.73 Å². The monoisotopic (exact) mass is 173 g/mol. The van der Waals surface area contributed by atoms with Crippen LogP contribution in [0.2, 0.25) is 0 Å². The zero-order valence-electron chi connectivity index (χ0n) is 8.17. The predicted molar refractivity (Wildman–Crippen MR) is 48.7 cm³/mol. The summed E-state index contributed by atoms with van der Waals surface area (Å²) < 4.78 is 5.05. The molecule has 0 aromatic rings. The summed E-state index contributed by atoms with van der Waals surface area (Å²) in [6.07, 6.45) is 2.44. The maximum Gasteiger partial charge on any atom is 0.323 e. The second kappa shape index (κ2) is 6.00. The van der Waals surface area contributed by atoms with Crippen molar-refractivity contribution in [3.8, 4) is 0 Å². The molecule has 0 aliphatic carbocycles. The lowest BCUT2D eigenvalue weighted by molar-refractivity contribution is -0.150. The van der Waals surface area contributed by atoms with Crippen LogP contribution in [0.4, 0.5) is 0 Å². The van der Waals surface area contributed by atoms with Gasteiger partial charge in [0.2, 0.25) is 0 Å². The fourth-order valence-electron chi connectivity index (χ4n) is 0.798. The summed E-state index contributed by atoms with van der Waals surface area (Å²) in [5.74, 6) is -0.272. The number of hydrogen-bond acceptors (Lipinski definition) is 3. The molecule has 0 radical (unpaired) electrons. The molecular weight excluding hydrogens is 154 g/mol. The van der Waals surface area contributed by atoms with Gasteiger partial charge in [0.15, 0.2) is 0 Å². The third kappa shape index (κ3) is 4.34. The van der Waals surface area contributed by atoms with Gasteiger partial charge in [0, 0.05) is 0 Å². The highest BCUT2D eigenvalue weighted by atomic mass is 16.5. The van der Waals surface area contributed by atoms with E-state index in [9.17, 15) is 4.79 Å². The molecule has 0 saturated carbocycles. The topological polar surface area (TPSA) is 52.3 Å². The molecule has 0 heterocycles. The summed E-state index contributed by atoms with van der Waals surface area (Å²) >= 11 is 0. The molecule has 0 spiro atoms. The van der Waals surface area contributed by atoms with E-state index >= 15 is 0 Å². The van der Waals surface area contributed by atoms with Gasteiger partial charge in [-0.3, -0.25) is 4.79 Å². The maximum absolute atomic E-state index is 11.2. The smallest absolute Gasteiger partial charge is 0.323 e. The Morgan fingerprint density at radius 2 is 2.08 bits per heavy atom. The van der Waals surface area contributed by atoms with Crippen LogP contribution in [0, 0.1) is 0 Å². The van der Waals surface area contributed by atoms with Gasteiger partial charge in [-0.05, 0) is 19.8 Å². The zero-order valence-corrected chi connectivity index (χ0v) is 8.17. The molecule has 3 nitrogen and oxygen atoms in total. The molecule has 0 aromatic heterocycles. The molecule has 0 bridgehead atoms. The molecule has 2 atom stereocenters. The third-order valence-electron chi connectivity index (χ3n) is 1.79. The van der Waals surface area contributed by atoms with E-state index in [1.54, 1.807) is 0 Å². The molecule has 0 rings (SSSR count). The van der Waals surface area contributed by atoms with E-state index in [4.69, 9.17) is 10.5 Å². The minimum Gasteiger partial charge on any atom is -0.462 e. The second-order valence-corrected chi connectivity index (χ2v) is 3.05. The van der Waals surface area contributed by atoms with Crippen molar-refractivity contribution in [2.75, 3.05) is 0 Å². The van der Waals surface area contributed by atoms with Crippen LogP contribution in [0.15, 0.2) is 0 Å². The van der Waals surface area contributed by atoms with E-state index in [0.29, 0.717) is 6.42 Å². The van der Waals surface area contributed by atoms with E-state index in [0.717, 1.165) is 12.8 Å². The lowest BCUT2D eigenvalue weighted by Gasteiger charge is -2.14. The van der Waals surface area contributed by atoms with E-state index in [2.05, 4.69) is 0 Å². The fourth-order valence-corrected chi connectivity index (χ4v) is 0.798. The van der Waals surface area contributed by atoms with Gasteiger partial charge in [0.1, 0.15) is 6.04 Å². The molecule has 2 N–H and O–H groups in total. The van der Waals surface area contributed by atoms with Crippen LogP contribution in [-0.2, 0) is 9.53 Å². The van der Waals surface area contributed by atoms with Gasteiger partial charge >= 0.3 is 5.97 Å². The van der Waals surface area contributed by atoms with Gasteiger partial charge in [-0.2, -0.15) is 0 Å². The van der Waals surface area contributed by atoms with Crippen molar-refractivity contribution in [1.29, 1.82) is 0 Å². The Morgan fingerprint density at radius 1 is 1.50 bits per heavy atom. The summed E-state index contributed by atoms with van der Waals surface area (Å²) in [7, 11) is 0. The quantitative estimate of drug-likeness (QED) is 0.640. The number of esters is 1. The van der Waals surface area contributed by atoms with E-state index in [1.807, 2.05) is 20.8 Å². The Kier molecular flexibility index (Phi) is 5.72. The summed E-state index contributed by atoms with van der Waals surface area (Å²) in [6.45, 7) is 5.84. The molecule has 0 fully saturated rings. The normalized spacial score (nSPS) is 15.3. The third-order valence-corrected chi connectivity index (χ3v) is 1.79. The Bertz CT molecular complexity index is 136. The molecule has 72 valence electrons. The SMILES string of the molecule is CCC[C@@H](N)C(=O)OC(C)CC. The average Bonchev–Trinajstić information content (AvgIpc) is 2.04. The summed E-state index contributed by atoms with van der Waals surface area (Å²) in [5.41, 5.74) is 5.56. The van der Waals surface area contributed by atoms with Gasteiger partial charge in [0.05, 0.1) is 6.10 Å². The van der Waals surface area contributed by atoms with Crippen molar-refractivity contribution in [3.05, 3.63) is 0 Å². The van der Waals surface area contributed by atoms with Gasteiger partial charge in [-0.25, -0.2) is 0 Å². The number of nitrogens with two attached hydrogens (primary N) is 1.